The van der Waals surface area contributed by atoms with Crippen molar-refractivity contribution >= 4 is 57.2 Å². The van der Waals surface area contributed by atoms with Crippen LogP contribution in [0.1, 0.15) is 180 Å². The second-order valence-electron chi connectivity index (χ2n) is 22.1. The Kier molecular flexibility index (Phi) is 9.30. The van der Waals surface area contributed by atoms with Gasteiger partial charge in [0.05, 0.1) is 5.69 Å². The molecular formula is C57H67BN2. The highest BCUT2D eigenvalue weighted by Crippen LogP contribution is 2.51. The van der Waals surface area contributed by atoms with Gasteiger partial charge in [-0.2, -0.15) is 0 Å². The molecule has 0 atom stereocenters. The Morgan fingerprint density at radius 1 is 0.483 bits per heavy atom. The monoisotopic (exact) mass is 791 g/mol. The summed E-state index contributed by atoms with van der Waals surface area (Å²) < 4.78 is 0. The smallest absolute Gasteiger partial charge is 0.252 e. The molecule has 2 saturated carbocycles. The lowest BCUT2D eigenvalue weighted by Crippen LogP contribution is -2.61. The molecule has 3 heteroatoms. The number of fused-ring (bicyclic) bond motifs is 6. The van der Waals surface area contributed by atoms with Crippen LogP contribution in [0.3, 0.4) is 0 Å². The summed E-state index contributed by atoms with van der Waals surface area (Å²) in [7, 11) is 0. The fraction of sp³-hybridized carbons (Fsp3) is 0.474. The van der Waals surface area contributed by atoms with Gasteiger partial charge in [-0.05, 0) is 197 Å². The summed E-state index contributed by atoms with van der Waals surface area (Å²) in [4.78, 5) is 5.57. The van der Waals surface area contributed by atoms with Crippen molar-refractivity contribution in [2.45, 2.75) is 174 Å². The van der Waals surface area contributed by atoms with Crippen molar-refractivity contribution in [2.24, 2.45) is 0 Å². The minimum atomic E-state index is 0.0212. The molecular weight excluding hydrogens is 723 g/mol. The van der Waals surface area contributed by atoms with E-state index in [1.807, 2.05) is 0 Å². The van der Waals surface area contributed by atoms with E-state index in [9.17, 15) is 0 Å². The van der Waals surface area contributed by atoms with Crippen LogP contribution in [0.2, 0.25) is 0 Å². The van der Waals surface area contributed by atoms with Crippen LogP contribution >= 0.6 is 0 Å². The predicted molar refractivity (Wildman–Crippen MR) is 258 cm³/mol. The van der Waals surface area contributed by atoms with Gasteiger partial charge in [-0.25, -0.2) is 0 Å². The molecule has 11 rings (SSSR count). The third-order valence-corrected chi connectivity index (χ3v) is 16.0. The van der Waals surface area contributed by atoms with Crippen molar-refractivity contribution in [1.82, 2.24) is 0 Å². The molecule has 5 aromatic rings. The van der Waals surface area contributed by atoms with Crippen LogP contribution in [-0.4, -0.2) is 6.71 Å². The SMILES string of the molecule is Cc1cc2c3c(c1)N(c1c4c(cc5c1CCC5)CCC4)c1ccc(C4CCCCC4)cc1B3c1cc(C3CCCCC3)ccc1N2c1cc(C(C)(C)C)cc(C(C)(C)C)c1. The van der Waals surface area contributed by atoms with Crippen molar-refractivity contribution in [1.29, 1.82) is 0 Å². The van der Waals surface area contributed by atoms with Crippen LogP contribution in [0.15, 0.2) is 72.8 Å². The minimum absolute atomic E-state index is 0.0212. The topological polar surface area (TPSA) is 6.48 Å². The van der Waals surface area contributed by atoms with E-state index in [4.69, 9.17) is 0 Å². The predicted octanol–water partition coefficient (Wildman–Crippen LogP) is 13.7. The van der Waals surface area contributed by atoms with Crippen molar-refractivity contribution in [2.75, 3.05) is 9.80 Å². The maximum absolute atomic E-state index is 2.84. The Balaban J connectivity index is 1.23. The van der Waals surface area contributed by atoms with Crippen LogP contribution < -0.4 is 26.2 Å². The number of hydrogen-bond donors (Lipinski definition) is 0. The standard InChI is InChI=1S/C57H67BN2/c1-36-28-52-54-53(29-36)60(55-46-22-14-20-41(46)30-42-21-15-23-47(42)55)51-27-25-40(38-18-12-9-13-19-38)32-49(51)58(54)48-31-39(37-16-10-8-11-17-37)24-26-50(48)59(52)45-34-43(56(2,3)4)33-44(35-45)57(5,6)7/h24-35,37-38H,8-23H2,1-7H3. The Labute approximate surface area is 362 Å². The highest BCUT2D eigenvalue weighted by molar-refractivity contribution is 7.00. The van der Waals surface area contributed by atoms with Gasteiger partial charge in [0.1, 0.15) is 0 Å². The first-order chi connectivity index (χ1) is 28.9. The number of nitrogens with zero attached hydrogens (tertiary/aromatic N) is 2. The van der Waals surface area contributed by atoms with Gasteiger partial charge in [-0.1, -0.05) is 116 Å². The first-order valence-corrected chi connectivity index (χ1v) is 24.3. The van der Waals surface area contributed by atoms with Gasteiger partial charge < -0.3 is 9.80 Å². The molecule has 2 heterocycles. The molecule has 0 spiro atoms. The lowest BCUT2D eigenvalue weighted by atomic mass is 9.33. The average molecular weight is 791 g/mol. The highest BCUT2D eigenvalue weighted by atomic mass is 15.2. The van der Waals surface area contributed by atoms with Gasteiger partial charge in [0.15, 0.2) is 0 Å². The lowest BCUT2D eigenvalue weighted by Gasteiger charge is -2.46. The lowest BCUT2D eigenvalue weighted by molar-refractivity contribution is 0.444. The second-order valence-corrected chi connectivity index (χ2v) is 22.1. The molecule has 0 saturated heterocycles. The molecule has 0 N–H and O–H groups in total. The molecule has 0 aromatic heterocycles. The number of benzene rings is 5. The molecule has 4 aliphatic carbocycles. The van der Waals surface area contributed by atoms with Crippen molar-refractivity contribution in [3.05, 3.63) is 123 Å². The van der Waals surface area contributed by atoms with E-state index in [-0.39, 0.29) is 17.5 Å². The fourth-order valence-corrected chi connectivity index (χ4v) is 12.7. The highest BCUT2D eigenvalue weighted by Gasteiger charge is 2.45. The molecule has 60 heavy (non-hydrogen) atoms. The number of aryl methyl sites for hydroxylation is 3. The van der Waals surface area contributed by atoms with Crippen molar-refractivity contribution in [3.63, 3.8) is 0 Å². The fourth-order valence-electron chi connectivity index (χ4n) is 12.7. The molecule has 0 bridgehead atoms. The maximum Gasteiger partial charge on any atom is 0.252 e. The number of rotatable bonds is 4. The number of hydrogen-bond acceptors (Lipinski definition) is 2. The Morgan fingerprint density at radius 3 is 1.47 bits per heavy atom. The largest absolute Gasteiger partial charge is 0.311 e. The van der Waals surface area contributed by atoms with E-state index in [1.54, 1.807) is 44.5 Å². The van der Waals surface area contributed by atoms with E-state index in [1.165, 1.54) is 159 Å². The normalized spacial score (nSPS) is 18.9. The zero-order valence-corrected chi connectivity index (χ0v) is 37.9. The summed E-state index contributed by atoms with van der Waals surface area (Å²) >= 11 is 0. The summed E-state index contributed by atoms with van der Waals surface area (Å²) in [6.07, 6.45) is 20.8. The third-order valence-electron chi connectivity index (χ3n) is 16.0. The van der Waals surface area contributed by atoms with E-state index < -0.39 is 0 Å². The van der Waals surface area contributed by atoms with Gasteiger partial charge >= 0.3 is 0 Å². The van der Waals surface area contributed by atoms with Crippen LogP contribution in [0.25, 0.3) is 0 Å². The third kappa shape index (κ3) is 6.33. The molecule has 0 radical (unpaired) electrons. The van der Waals surface area contributed by atoms with Crippen LogP contribution in [0.4, 0.5) is 34.1 Å². The summed E-state index contributed by atoms with van der Waals surface area (Å²) in [5, 5.41) is 0. The van der Waals surface area contributed by atoms with Gasteiger partial charge in [0, 0.05) is 28.4 Å². The summed E-state index contributed by atoms with van der Waals surface area (Å²) in [5.41, 5.74) is 26.9. The molecule has 2 fully saturated rings. The first kappa shape index (κ1) is 38.7. The van der Waals surface area contributed by atoms with E-state index in [0.29, 0.717) is 11.8 Å². The molecule has 2 nitrogen and oxygen atoms in total. The Hall–Kier alpha value is -4.24. The molecule has 6 aliphatic rings. The van der Waals surface area contributed by atoms with Gasteiger partial charge in [0.25, 0.3) is 6.71 Å². The molecule has 2 aliphatic heterocycles. The van der Waals surface area contributed by atoms with E-state index in [2.05, 4.69) is 131 Å². The Morgan fingerprint density at radius 2 is 0.967 bits per heavy atom. The maximum atomic E-state index is 2.84. The zero-order valence-electron chi connectivity index (χ0n) is 37.9. The summed E-state index contributed by atoms with van der Waals surface area (Å²) in [6.45, 7) is 16.9. The zero-order chi connectivity index (χ0) is 41.1. The summed E-state index contributed by atoms with van der Waals surface area (Å²) in [6, 6.07) is 31.0. The molecule has 5 aromatic carbocycles. The van der Waals surface area contributed by atoms with Crippen LogP contribution in [0, 0.1) is 6.92 Å². The minimum Gasteiger partial charge on any atom is -0.311 e. The quantitative estimate of drug-likeness (QED) is 0.164. The van der Waals surface area contributed by atoms with Gasteiger partial charge in [-0.3, -0.25) is 0 Å². The van der Waals surface area contributed by atoms with Gasteiger partial charge in [0.2, 0.25) is 0 Å². The van der Waals surface area contributed by atoms with E-state index in [0.717, 1.165) is 0 Å². The Bertz CT molecular complexity index is 2450. The van der Waals surface area contributed by atoms with Gasteiger partial charge in [-0.15, -0.1) is 0 Å². The summed E-state index contributed by atoms with van der Waals surface area (Å²) in [5.74, 6) is 1.31. The van der Waals surface area contributed by atoms with Crippen LogP contribution in [-0.2, 0) is 36.5 Å². The van der Waals surface area contributed by atoms with Crippen molar-refractivity contribution in [3.8, 4) is 0 Å². The van der Waals surface area contributed by atoms with E-state index >= 15 is 0 Å². The molecule has 308 valence electrons. The average Bonchev–Trinajstić information content (AvgIpc) is 3.92. The molecule has 0 unspecified atom stereocenters. The van der Waals surface area contributed by atoms with Crippen LogP contribution in [0.5, 0.6) is 0 Å². The van der Waals surface area contributed by atoms with Crippen molar-refractivity contribution < 1.29 is 0 Å². The number of anilines is 6. The second kappa shape index (κ2) is 14.4. The molecule has 0 amide bonds. The first-order valence-electron chi connectivity index (χ1n) is 24.3.